The van der Waals surface area contributed by atoms with Crippen LogP contribution in [0.4, 0.5) is 5.69 Å². The topological polar surface area (TPSA) is 95.6 Å². The molecule has 0 saturated carbocycles. The number of aliphatic hydroxyl groups excluding tert-OH is 1. The van der Waals surface area contributed by atoms with E-state index in [0.717, 1.165) is 0 Å². The Morgan fingerprint density at radius 2 is 2.20 bits per heavy atom. The number of carbonyl (C=O) groups is 1. The number of phenols is 1. The van der Waals surface area contributed by atoms with E-state index in [0.29, 0.717) is 12.0 Å². The number of hydrogen-bond acceptors (Lipinski definition) is 4. The van der Waals surface area contributed by atoms with Crippen LogP contribution in [0.1, 0.15) is 11.7 Å². The molecule has 6 heteroatoms. The van der Waals surface area contributed by atoms with Crippen LogP contribution in [0.15, 0.2) is 18.2 Å². The lowest BCUT2D eigenvalue weighted by Gasteiger charge is -2.10. The zero-order valence-corrected chi connectivity index (χ0v) is 8.70. The zero-order chi connectivity index (χ0) is 10.6. The Morgan fingerprint density at radius 3 is 2.73 bits per heavy atom. The first-order chi connectivity index (χ1) is 6.69. The number of benzene rings is 1. The molecule has 0 fully saturated rings. The molecule has 5 N–H and O–H groups in total. The highest BCUT2D eigenvalue weighted by Crippen LogP contribution is 2.26. The summed E-state index contributed by atoms with van der Waals surface area (Å²) in [5.74, 6) is -0.0509. The summed E-state index contributed by atoms with van der Waals surface area (Å²) in [4.78, 5) is 10.2. The van der Waals surface area contributed by atoms with E-state index in [1.807, 2.05) is 0 Å². The van der Waals surface area contributed by atoms with Gasteiger partial charge in [0.05, 0.1) is 11.8 Å². The minimum atomic E-state index is -0.789. The highest BCUT2D eigenvalue weighted by molar-refractivity contribution is 5.85. The van der Waals surface area contributed by atoms with Crippen molar-refractivity contribution in [2.45, 2.75) is 6.10 Å². The van der Waals surface area contributed by atoms with Gasteiger partial charge < -0.3 is 21.3 Å². The van der Waals surface area contributed by atoms with Crippen LogP contribution in [0.25, 0.3) is 0 Å². The Labute approximate surface area is 93.3 Å². The van der Waals surface area contributed by atoms with Crippen LogP contribution in [-0.2, 0) is 4.79 Å². The maximum absolute atomic E-state index is 10.2. The Balaban J connectivity index is 0.00000196. The van der Waals surface area contributed by atoms with Gasteiger partial charge in [-0.25, -0.2) is 0 Å². The van der Waals surface area contributed by atoms with E-state index in [1.54, 1.807) is 6.07 Å². The van der Waals surface area contributed by atoms with Crippen LogP contribution >= 0.6 is 12.4 Å². The van der Waals surface area contributed by atoms with Crippen LogP contribution in [0.5, 0.6) is 5.75 Å². The Kier molecular flexibility index (Phi) is 5.69. The molecule has 0 bridgehead atoms. The Morgan fingerprint density at radius 1 is 1.53 bits per heavy atom. The number of amides is 1. The van der Waals surface area contributed by atoms with Crippen LogP contribution in [0, 0.1) is 0 Å². The molecule has 1 atom stereocenters. The van der Waals surface area contributed by atoms with Crippen molar-refractivity contribution in [1.29, 1.82) is 0 Å². The number of rotatable bonds is 4. The van der Waals surface area contributed by atoms with Crippen LogP contribution in [0.2, 0.25) is 0 Å². The number of aromatic hydroxyl groups is 1. The predicted octanol–water partition coefficient (Wildman–Crippen LogP) is 0.374. The van der Waals surface area contributed by atoms with E-state index < -0.39 is 6.10 Å². The summed E-state index contributed by atoms with van der Waals surface area (Å²) in [7, 11) is 0. The van der Waals surface area contributed by atoms with Gasteiger partial charge in [0.2, 0.25) is 6.41 Å². The molecule has 0 radical (unpaired) electrons. The van der Waals surface area contributed by atoms with Gasteiger partial charge in [0.25, 0.3) is 0 Å². The maximum atomic E-state index is 10.2. The predicted molar refractivity (Wildman–Crippen MR) is 59.1 cm³/mol. The van der Waals surface area contributed by atoms with Crippen molar-refractivity contribution >= 4 is 24.5 Å². The molecule has 15 heavy (non-hydrogen) atoms. The number of carbonyl (C=O) groups excluding carboxylic acids is 1. The van der Waals surface area contributed by atoms with Crippen LogP contribution in [-0.4, -0.2) is 23.2 Å². The number of nitrogens with two attached hydrogens (primary N) is 1. The number of nitrogens with one attached hydrogen (secondary N) is 1. The molecule has 0 aliphatic heterocycles. The van der Waals surface area contributed by atoms with Gasteiger partial charge in [-0.2, -0.15) is 0 Å². The summed E-state index contributed by atoms with van der Waals surface area (Å²) < 4.78 is 0. The van der Waals surface area contributed by atoms with Crippen molar-refractivity contribution in [3.63, 3.8) is 0 Å². The second-order valence-corrected chi connectivity index (χ2v) is 2.79. The van der Waals surface area contributed by atoms with Crippen molar-refractivity contribution in [2.24, 2.45) is 5.73 Å². The molecule has 1 aromatic carbocycles. The lowest BCUT2D eigenvalue weighted by atomic mass is 10.1. The summed E-state index contributed by atoms with van der Waals surface area (Å²) in [5, 5.41) is 21.0. The molecular weight excluding hydrogens is 220 g/mol. The molecule has 1 amide bonds. The molecule has 0 aliphatic carbocycles. The van der Waals surface area contributed by atoms with Crippen molar-refractivity contribution in [3.8, 4) is 5.75 Å². The smallest absolute Gasteiger partial charge is 0.211 e. The third-order valence-corrected chi connectivity index (χ3v) is 1.84. The molecule has 1 aromatic rings. The number of aliphatic hydroxyl groups is 1. The normalized spacial score (nSPS) is 11.3. The van der Waals surface area contributed by atoms with Gasteiger partial charge in [-0.05, 0) is 17.7 Å². The minimum Gasteiger partial charge on any atom is -0.506 e. The van der Waals surface area contributed by atoms with E-state index in [2.05, 4.69) is 5.32 Å². The van der Waals surface area contributed by atoms with Crippen molar-refractivity contribution in [2.75, 3.05) is 11.9 Å². The number of hydrogen-bond donors (Lipinski definition) is 4. The van der Waals surface area contributed by atoms with E-state index in [1.165, 1.54) is 12.1 Å². The van der Waals surface area contributed by atoms with Gasteiger partial charge in [-0.15, -0.1) is 12.4 Å². The second-order valence-electron chi connectivity index (χ2n) is 2.79. The highest BCUT2D eigenvalue weighted by atomic mass is 35.5. The van der Waals surface area contributed by atoms with Gasteiger partial charge in [0.1, 0.15) is 5.75 Å². The first-order valence-corrected chi connectivity index (χ1v) is 4.10. The highest BCUT2D eigenvalue weighted by Gasteiger charge is 2.08. The molecule has 0 aliphatic rings. The molecule has 0 spiro atoms. The van der Waals surface area contributed by atoms with E-state index in [4.69, 9.17) is 5.73 Å². The first kappa shape index (κ1) is 13.7. The maximum Gasteiger partial charge on any atom is 0.211 e. The first-order valence-electron chi connectivity index (χ1n) is 4.10. The average Bonchev–Trinajstić information content (AvgIpc) is 2.20. The zero-order valence-electron chi connectivity index (χ0n) is 7.88. The van der Waals surface area contributed by atoms with E-state index in [-0.39, 0.29) is 30.4 Å². The van der Waals surface area contributed by atoms with Crippen molar-refractivity contribution in [3.05, 3.63) is 23.8 Å². The Hall–Kier alpha value is -1.30. The average molecular weight is 233 g/mol. The third kappa shape index (κ3) is 3.39. The third-order valence-electron chi connectivity index (χ3n) is 1.84. The summed E-state index contributed by atoms with van der Waals surface area (Å²) in [6.07, 6.45) is -0.337. The monoisotopic (exact) mass is 232 g/mol. The van der Waals surface area contributed by atoms with E-state index in [9.17, 15) is 15.0 Å². The van der Waals surface area contributed by atoms with Gasteiger partial charge in [0, 0.05) is 6.54 Å². The van der Waals surface area contributed by atoms with Crippen LogP contribution in [0.3, 0.4) is 0 Å². The lowest BCUT2D eigenvalue weighted by molar-refractivity contribution is -0.105. The number of halogens is 1. The molecule has 0 heterocycles. The number of anilines is 1. The van der Waals surface area contributed by atoms with Gasteiger partial charge >= 0.3 is 0 Å². The summed E-state index contributed by atoms with van der Waals surface area (Å²) in [5.41, 5.74) is 6.07. The van der Waals surface area contributed by atoms with Gasteiger partial charge in [-0.1, -0.05) is 6.07 Å². The van der Waals surface area contributed by atoms with Gasteiger partial charge in [-0.3, -0.25) is 4.79 Å². The fourth-order valence-electron chi connectivity index (χ4n) is 1.08. The summed E-state index contributed by atoms with van der Waals surface area (Å²) in [6, 6.07) is 4.41. The second kappa shape index (κ2) is 6.23. The van der Waals surface area contributed by atoms with Crippen molar-refractivity contribution in [1.82, 2.24) is 0 Å². The molecule has 84 valence electrons. The SMILES string of the molecule is Cl.NCC(O)c1ccc(O)c(NC=O)c1. The summed E-state index contributed by atoms with van der Waals surface area (Å²) >= 11 is 0. The fraction of sp³-hybridized carbons (Fsp3) is 0.222. The lowest BCUT2D eigenvalue weighted by Crippen LogP contribution is -2.11. The van der Waals surface area contributed by atoms with Crippen LogP contribution < -0.4 is 11.1 Å². The standard InChI is InChI=1S/C9H12N2O3.ClH/c10-4-9(14)6-1-2-8(13)7(3-6)11-5-12;/h1-3,5,9,13-14H,4,10H2,(H,11,12);1H. The minimum absolute atomic E-state index is 0. The number of phenolic OH excluding ortho intramolecular Hbond substituents is 1. The molecule has 1 rings (SSSR count). The summed E-state index contributed by atoms with van der Waals surface area (Å²) in [6.45, 7) is 0.0886. The van der Waals surface area contributed by atoms with Crippen molar-refractivity contribution < 1.29 is 15.0 Å². The fourth-order valence-corrected chi connectivity index (χ4v) is 1.08. The van der Waals surface area contributed by atoms with Gasteiger partial charge in [0.15, 0.2) is 0 Å². The molecular formula is C9H13ClN2O3. The Bertz CT molecular complexity index is 333. The molecule has 0 saturated heterocycles. The quantitative estimate of drug-likeness (QED) is 0.446. The molecule has 0 aromatic heterocycles. The van der Waals surface area contributed by atoms with E-state index >= 15 is 0 Å². The molecule has 1 unspecified atom stereocenters. The molecule has 5 nitrogen and oxygen atoms in total. The largest absolute Gasteiger partial charge is 0.506 e.